The van der Waals surface area contributed by atoms with E-state index in [-0.39, 0.29) is 16.2 Å². The van der Waals surface area contributed by atoms with Gasteiger partial charge in [0.25, 0.3) is 0 Å². The van der Waals surface area contributed by atoms with E-state index >= 15 is 0 Å². The van der Waals surface area contributed by atoms with E-state index in [1.54, 1.807) is 24.8 Å². The van der Waals surface area contributed by atoms with Gasteiger partial charge in [-0.2, -0.15) is 0 Å². The molecule has 0 saturated heterocycles. The minimum Gasteiger partial charge on any atom is -0.264 e. The molecule has 0 radical (unpaired) electrons. The van der Waals surface area contributed by atoms with E-state index in [1.165, 1.54) is 11.1 Å². The zero-order valence-corrected chi connectivity index (χ0v) is 23.7. The summed E-state index contributed by atoms with van der Waals surface area (Å²) in [5, 5.41) is 0.396. The fourth-order valence-electron chi connectivity index (χ4n) is 2.66. The Bertz CT molecular complexity index is 1010. The van der Waals surface area contributed by atoms with Gasteiger partial charge in [0.15, 0.2) is 12.4 Å². The minimum atomic E-state index is -1.09. The van der Waals surface area contributed by atoms with Crippen molar-refractivity contribution in [2.45, 2.75) is 83.7 Å². The molecule has 0 spiro atoms. The first-order chi connectivity index (χ1) is 15.5. The summed E-state index contributed by atoms with van der Waals surface area (Å²) in [7, 11) is 0.948. The monoisotopic (exact) mass is 483 g/mol. The van der Waals surface area contributed by atoms with Crippen LogP contribution in [0.15, 0.2) is 66.6 Å². The number of hydrogen-bond donors (Lipinski definition) is 0. The molecule has 3 aromatic heterocycles. The molecule has 34 heavy (non-hydrogen) atoms. The molecule has 0 aliphatic carbocycles. The highest BCUT2D eigenvalue weighted by Gasteiger charge is 2.15. The van der Waals surface area contributed by atoms with Gasteiger partial charge in [0, 0.05) is 43.2 Å². The van der Waals surface area contributed by atoms with Crippen molar-refractivity contribution in [3.8, 4) is 0 Å². The van der Waals surface area contributed by atoms with E-state index in [4.69, 9.17) is 0 Å². The maximum atomic E-state index is 11.0. The number of hydrogen-bond acceptors (Lipinski definition) is 4. The van der Waals surface area contributed by atoms with E-state index in [0.717, 1.165) is 5.56 Å². The largest absolute Gasteiger partial charge is 0.264 e. The van der Waals surface area contributed by atoms with Gasteiger partial charge in [-0.05, 0) is 39.0 Å². The van der Waals surface area contributed by atoms with Crippen LogP contribution in [0.3, 0.4) is 0 Å². The van der Waals surface area contributed by atoms with Crippen molar-refractivity contribution in [3.05, 3.63) is 78.1 Å². The summed E-state index contributed by atoms with van der Waals surface area (Å²) in [6.07, 6.45) is 12.9. The van der Waals surface area contributed by atoms with Crippen molar-refractivity contribution in [1.29, 1.82) is 0 Å². The molecule has 0 bridgehead atoms. The van der Waals surface area contributed by atoms with Gasteiger partial charge in [-0.1, -0.05) is 68.4 Å². The fourth-order valence-corrected chi connectivity index (χ4v) is 3.06. The van der Waals surface area contributed by atoms with Crippen LogP contribution in [0.25, 0.3) is 0 Å². The maximum Gasteiger partial charge on any atom is 0.218 e. The highest BCUT2D eigenvalue weighted by Crippen LogP contribution is 2.21. The topological polar surface area (TPSA) is 59.6 Å². The molecule has 3 rings (SSSR count). The van der Waals surface area contributed by atoms with Crippen LogP contribution in [0.5, 0.6) is 0 Å². The van der Waals surface area contributed by atoms with Crippen LogP contribution in [0.1, 0.15) is 79.0 Å². The predicted octanol–water partition coefficient (Wildman–Crippen LogP) is 5.70. The van der Waals surface area contributed by atoms with Crippen LogP contribution in [0.4, 0.5) is 0 Å². The molecule has 5 nitrogen and oxygen atoms in total. The van der Waals surface area contributed by atoms with Gasteiger partial charge in [0.05, 0.1) is 10.8 Å². The highest BCUT2D eigenvalue weighted by molar-refractivity contribution is 7.84. The third-order valence-electron chi connectivity index (χ3n) is 5.12. The average Bonchev–Trinajstić information content (AvgIpc) is 2.74. The van der Waals surface area contributed by atoms with Gasteiger partial charge in [-0.25, -0.2) is 14.5 Å². The van der Waals surface area contributed by atoms with Crippen molar-refractivity contribution in [1.82, 2.24) is 15.0 Å². The number of pyridine rings is 2. The second-order valence-electron chi connectivity index (χ2n) is 11.5. The van der Waals surface area contributed by atoms with Crippen molar-refractivity contribution in [2.24, 2.45) is 7.05 Å². The van der Waals surface area contributed by atoms with Gasteiger partial charge < -0.3 is 0 Å². The number of rotatable bonds is 1. The predicted molar refractivity (Wildman–Crippen MR) is 142 cm³/mol. The second kappa shape index (κ2) is 12.3. The highest BCUT2D eigenvalue weighted by atomic mass is 32.2. The van der Waals surface area contributed by atoms with Crippen LogP contribution in [0, 0.1) is 0 Å². The smallest absolute Gasteiger partial charge is 0.218 e. The third kappa shape index (κ3) is 10.6. The molecule has 1 atom stereocenters. The van der Waals surface area contributed by atoms with E-state index in [0.29, 0.717) is 5.16 Å². The molecule has 0 N–H and O–H groups in total. The molecule has 0 amide bonds. The summed E-state index contributed by atoms with van der Waals surface area (Å²) in [6, 6.07) is 8.41. The number of aromatic nitrogens is 4. The summed E-state index contributed by atoms with van der Waals surface area (Å²) in [4.78, 5) is 12.1. The Morgan fingerprint density at radius 2 is 1.18 bits per heavy atom. The first kappa shape index (κ1) is 29.6. The Hall–Kier alpha value is -2.47. The summed E-state index contributed by atoms with van der Waals surface area (Å²) in [6.45, 7) is 19.5. The first-order valence-corrected chi connectivity index (χ1v) is 13.1. The molecule has 186 valence electrons. The van der Waals surface area contributed by atoms with E-state index in [2.05, 4.69) is 112 Å². The zero-order chi connectivity index (χ0) is 26.2. The Labute approximate surface area is 209 Å². The quantitative estimate of drug-likeness (QED) is 0.329. The third-order valence-corrected chi connectivity index (χ3v) is 5.85. The lowest BCUT2D eigenvalue weighted by atomic mass is 9.88. The van der Waals surface area contributed by atoms with Crippen LogP contribution in [-0.2, 0) is 34.1 Å². The maximum absolute atomic E-state index is 11.0. The summed E-state index contributed by atoms with van der Waals surface area (Å²) >= 11 is 0. The Morgan fingerprint density at radius 3 is 1.50 bits per heavy atom. The van der Waals surface area contributed by atoms with Gasteiger partial charge >= 0.3 is 0 Å². The fraction of sp³-hybridized carbons (Fsp3) is 0.500. The Kier molecular flexibility index (Phi) is 10.7. The van der Waals surface area contributed by atoms with Crippen molar-refractivity contribution >= 4 is 10.8 Å². The van der Waals surface area contributed by atoms with Crippen molar-refractivity contribution < 1.29 is 8.78 Å². The number of nitrogens with zero attached hydrogens (tertiary/aromatic N) is 4. The lowest BCUT2D eigenvalue weighted by Gasteiger charge is -2.17. The molecule has 0 aliphatic heterocycles. The SMILES string of the molecule is CC(C)(C)c1cccnc1.CS(=O)c1ncc(C(C)(C)C)cn1.C[n+]1ccc(C(C)(C)C)cc1. The lowest BCUT2D eigenvalue weighted by Crippen LogP contribution is -2.27. The lowest BCUT2D eigenvalue weighted by molar-refractivity contribution is -0.671. The van der Waals surface area contributed by atoms with E-state index < -0.39 is 10.8 Å². The molecule has 3 heterocycles. The molecular formula is C28H43N4OS+. The standard InChI is InChI=1S/C10H16N.C9H14N2OS.C9H13N/c1-10(2,3)9-5-7-11(4)8-6-9;1-9(2,3)7-5-10-8(11-6-7)13(4)12;1-9(2,3)8-5-4-6-10-7-8/h5-8H,1-4H3;5-6H,1-4H3;4-7H,1-3H3/q+1;;. The average molecular weight is 484 g/mol. The van der Waals surface area contributed by atoms with Crippen molar-refractivity contribution in [3.63, 3.8) is 0 Å². The molecule has 3 aromatic rings. The van der Waals surface area contributed by atoms with Crippen molar-refractivity contribution in [2.75, 3.05) is 6.26 Å². The molecule has 0 fully saturated rings. The molecule has 0 aliphatic rings. The van der Waals surface area contributed by atoms with Crippen LogP contribution >= 0.6 is 0 Å². The normalized spacial score (nSPS) is 12.6. The molecule has 0 aromatic carbocycles. The first-order valence-electron chi connectivity index (χ1n) is 11.5. The van der Waals surface area contributed by atoms with Crippen LogP contribution in [-0.4, -0.2) is 25.4 Å². The van der Waals surface area contributed by atoms with Gasteiger partial charge in [-0.15, -0.1) is 0 Å². The van der Waals surface area contributed by atoms with Crippen LogP contribution < -0.4 is 4.57 Å². The summed E-state index contributed by atoms with van der Waals surface area (Å²) in [5.41, 5.74) is 4.28. The molecular weight excluding hydrogens is 440 g/mol. The van der Waals surface area contributed by atoms with Gasteiger partial charge in [-0.3, -0.25) is 9.19 Å². The Balaban J connectivity index is 0.000000257. The van der Waals surface area contributed by atoms with Gasteiger partial charge in [0.2, 0.25) is 5.16 Å². The second-order valence-corrected chi connectivity index (χ2v) is 12.7. The summed E-state index contributed by atoms with van der Waals surface area (Å²) < 4.78 is 13.0. The summed E-state index contributed by atoms with van der Waals surface area (Å²) in [5.74, 6) is 0. The van der Waals surface area contributed by atoms with Crippen LogP contribution in [0.2, 0.25) is 0 Å². The molecule has 6 heteroatoms. The molecule has 0 saturated carbocycles. The number of aryl methyl sites for hydroxylation is 1. The minimum absolute atomic E-state index is 0.0494. The Morgan fingerprint density at radius 1 is 0.706 bits per heavy atom. The van der Waals surface area contributed by atoms with E-state index in [9.17, 15) is 4.21 Å². The van der Waals surface area contributed by atoms with E-state index in [1.807, 2.05) is 19.3 Å². The molecule has 1 unspecified atom stereocenters. The van der Waals surface area contributed by atoms with Gasteiger partial charge in [0.1, 0.15) is 7.05 Å². The zero-order valence-electron chi connectivity index (χ0n) is 22.9.